The van der Waals surface area contributed by atoms with Gasteiger partial charge in [-0.25, -0.2) is 9.37 Å². The van der Waals surface area contributed by atoms with E-state index >= 15 is 0 Å². The number of hydrogen-bond acceptors (Lipinski definition) is 3. The summed E-state index contributed by atoms with van der Waals surface area (Å²) < 4.78 is 19.1. The Balaban J connectivity index is 2.28. The SMILES string of the molecule is OCc1nc(Oc2cc(F)cc(Br)c2)ccc1Cl. The highest BCUT2D eigenvalue weighted by atomic mass is 79.9. The van der Waals surface area contributed by atoms with E-state index < -0.39 is 5.82 Å². The molecule has 0 fully saturated rings. The van der Waals surface area contributed by atoms with Gasteiger partial charge in [-0.3, -0.25) is 0 Å². The van der Waals surface area contributed by atoms with Crippen LogP contribution >= 0.6 is 27.5 Å². The predicted octanol–water partition coefficient (Wildman–Crippen LogP) is 3.92. The van der Waals surface area contributed by atoms with Crippen molar-refractivity contribution in [3.05, 3.63) is 51.3 Å². The van der Waals surface area contributed by atoms with Gasteiger partial charge in [0.05, 0.1) is 17.3 Å². The van der Waals surface area contributed by atoms with E-state index in [4.69, 9.17) is 21.4 Å². The van der Waals surface area contributed by atoms with Crippen LogP contribution in [0.4, 0.5) is 4.39 Å². The lowest BCUT2D eigenvalue weighted by Gasteiger charge is -2.07. The van der Waals surface area contributed by atoms with Crippen LogP contribution < -0.4 is 4.74 Å². The smallest absolute Gasteiger partial charge is 0.219 e. The number of hydrogen-bond donors (Lipinski definition) is 1. The number of pyridine rings is 1. The molecule has 0 amide bonds. The van der Waals surface area contributed by atoms with E-state index in [-0.39, 0.29) is 12.5 Å². The van der Waals surface area contributed by atoms with E-state index in [1.807, 2.05) is 0 Å². The molecule has 0 spiro atoms. The minimum atomic E-state index is -0.421. The minimum absolute atomic E-state index is 0.237. The molecule has 6 heteroatoms. The number of aliphatic hydroxyl groups excluding tert-OH is 1. The molecule has 1 aromatic heterocycles. The van der Waals surface area contributed by atoms with Gasteiger partial charge in [0.15, 0.2) is 0 Å². The molecular formula is C12H8BrClFNO2. The third-order valence-electron chi connectivity index (χ3n) is 2.10. The highest BCUT2D eigenvalue weighted by Crippen LogP contribution is 2.26. The first kappa shape index (κ1) is 13.3. The highest BCUT2D eigenvalue weighted by Gasteiger charge is 2.06. The molecule has 3 nitrogen and oxygen atoms in total. The maximum Gasteiger partial charge on any atom is 0.219 e. The zero-order valence-electron chi connectivity index (χ0n) is 9.03. The molecule has 2 aromatic rings. The van der Waals surface area contributed by atoms with Crippen LogP contribution in [0.2, 0.25) is 5.02 Å². The Morgan fingerprint density at radius 1 is 1.33 bits per heavy atom. The van der Waals surface area contributed by atoms with Gasteiger partial charge >= 0.3 is 0 Å². The predicted molar refractivity (Wildman–Crippen MR) is 69.3 cm³/mol. The number of rotatable bonds is 3. The van der Waals surface area contributed by atoms with Crippen LogP contribution in [0, 0.1) is 5.82 Å². The van der Waals surface area contributed by atoms with Crippen molar-refractivity contribution < 1.29 is 14.2 Å². The lowest BCUT2D eigenvalue weighted by Crippen LogP contribution is -1.94. The van der Waals surface area contributed by atoms with Crippen molar-refractivity contribution in [2.45, 2.75) is 6.61 Å². The molecule has 18 heavy (non-hydrogen) atoms. The second kappa shape index (κ2) is 5.65. The van der Waals surface area contributed by atoms with Crippen LogP contribution in [0.5, 0.6) is 11.6 Å². The lowest BCUT2D eigenvalue weighted by atomic mass is 10.3. The van der Waals surface area contributed by atoms with Gasteiger partial charge in [0.2, 0.25) is 5.88 Å². The second-order valence-corrected chi connectivity index (χ2v) is 4.77. The summed E-state index contributed by atoms with van der Waals surface area (Å²) in [5.41, 5.74) is 0.310. The Morgan fingerprint density at radius 2 is 2.11 bits per heavy atom. The Kier molecular flexibility index (Phi) is 4.16. The van der Waals surface area contributed by atoms with Crippen LogP contribution in [0.3, 0.4) is 0 Å². The molecule has 0 saturated carbocycles. The Labute approximate surface area is 116 Å². The fourth-order valence-electron chi connectivity index (χ4n) is 1.34. The Morgan fingerprint density at radius 3 is 2.78 bits per heavy atom. The normalized spacial score (nSPS) is 10.4. The third-order valence-corrected chi connectivity index (χ3v) is 2.90. The van der Waals surface area contributed by atoms with Crippen molar-refractivity contribution in [1.82, 2.24) is 4.98 Å². The van der Waals surface area contributed by atoms with Crippen LogP contribution in [-0.4, -0.2) is 10.1 Å². The molecule has 1 heterocycles. The molecule has 0 aliphatic carbocycles. The first-order valence-corrected chi connectivity index (χ1v) is 6.16. The third kappa shape index (κ3) is 3.19. The van der Waals surface area contributed by atoms with E-state index in [2.05, 4.69) is 20.9 Å². The average Bonchev–Trinajstić information content (AvgIpc) is 2.30. The van der Waals surface area contributed by atoms with Crippen molar-refractivity contribution in [2.75, 3.05) is 0 Å². The van der Waals surface area contributed by atoms with Crippen LogP contribution in [0.25, 0.3) is 0 Å². The Bertz CT molecular complexity index is 560. The second-order valence-electron chi connectivity index (χ2n) is 3.44. The fourth-order valence-corrected chi connectivity index (χ4v) is 1.95. The van der Waals surface area contributed by atoms with Gasteiger partial charge in [-0.15, -0.1) is 0 Å². The number of ether oxygens (including phenoxy) is 1. The molecule has 0 unspecified atom stereocenters. The van der Waals surface area contributed by atoms with E-state index in [1.165, 1.54) is 12.1 Å². The van der Waals surface area contributed by atoms with E-state index in [0.29, 0.717) is 20.9 Å². The van der Waals surface area contributed by atoms with Gasteiger partial charge in [-0.05, 0) is 18.2 Å². The van der Waals surface area contributed by atoms with Crippen molar-refractivity contribution in [1.29, 1.82) is 0 Å². The summed E-state index contributed by atoms with van der Waals surface area (Å²) in [6.07, 6.45) is 0. The van der Waals surface area contributed by atoms with Crippen LogP contribution in [0.1, 0.15) is 5.69 Å². The van der Waals surface area contributed by atoms with Gasteiger partial charge in [-0.1, -0.05) is 27.5 Å². The molecular weight excluding hydrogens is 324 g/mol. The zero-order valence-corrected chi connectivity index (χ0v) is 11.4. The molecule has 0 aliphatic rings. The monoisotopic (exact) mass is 331 g/mol. The van der Waals surface area contributed by atoms with E-state index in [1.54, 1.807) is 18.2 Å². The van der Waals surface area contributed by atoms with Crippen molar-refractivity contribution in [3.8, 4) is 11.6 Å². The quantitative estimate of drug-likeness (QED) is 0.926. The van der Waals surface area contributed by atoms with Crippen LogP contribution in [-0.2, 0) is 6.61 Å². The first-order valence-electron chi connectivity index (χ1n) is 4.98. The largest absolute Gasteiger partial charge is 0.439 e. The summed E-state index contributed by atoms with van der Waals surface area (Å²) in [6.45, 7) is -0.289. The highest BCUT2D eigenvalue weighted by molar-refractivity contribution is 9.10. The molecule has 0 radical (unpaired) electrons. The van der Waals surface area contributed by atoms with Gasteiger partial charge in [0.1, 0.15) is 11.6 Å². The minimum Gasteiger partial charge on any atom is -0.439 e. The number of halogens is 3. The lowest BCUT2D eigenvalue weighted by molar-refractivity contribution is 0.275. The van der Waals surface area contributed by atoms with Crippen molar-refractivity contribution in [3.63, 3.8) is 0 Å². The fraction of sp³-hybridized carbons (Fsp3) is 0.0833. The standard InChI is InChI=1S/C12H8BrClFNO2/c13-7-3-8(15)5-9(4-7)18-12-2-1-10(14)11(6-17)16-12/h1-5,17H,6H2. The van der Waals surface area contributed by atoms with E-state index in [0.717, 1.165) is 0 Å². The van der Waals surface area contributed by atoms with E-state index in [9.17, 15) is 4.39 Å². The molecule has 2 rings (SSSR count). The van der Waals surface area contributed by atoms with Gasteiger partial charge < -0.3 is 9.84 Å². The maximum absolute atomic E-state index is 13.1. The molecule has 1 aromatic carbocycles. The Hall–Kier alpha value is -1.17. The maximum atomic E-state index is 13.1. The summed E-state index contributed by atoms with van der Waals surface area (Å²) in [4.78, 5) is 4.00. The summed E-state index contributed by atoms with van der Waals surface area (Å²) >= 11 is 8.97. The summed E-state index contributed by atoms with van der Waals surface area (Å²) in [5.74, 6) is 0.122. The molecule has 0 atom stereocenters. The molecule has 0 saturated heterocycles. The summed E-state index contributed by atoms with van der Waals surface area (Å²) in [6, 6.07) is 7.27. The topological polar surface area (TPSA) is 42.4 Å². The van der Waals surface area contributed by atoms with Crippen molar-refractivity contribution in [2.24, 2.45) is 0 Å². The van der Waals surface area contributed by atoms with Crippen molar-refractivity contribution >= 4 is 27.5 Å². The first-order chi connectivity index (χ1) is 8.58. The molecule has 0 aliphatic heterocycles. The van der Waals surface area contributed by atoms with Gasteiger partial charge in [-0.2, -0.15) is 0 Å². The zero-order chi connectivity index (χ0) is 13.1. The molecule has 0 bridgehead atoms. The number of benzene rings is 1. The van der Waals surface area contributed by atoms with Gasteiger partial charge in [0.25, 0.3) is 0 Å². The number of aromatic nitrogens is 1. The number of aliphatic hydroxyl groups is 1. The number of nitrogens with zero attached hydrogens (tertiary/aromatic N) is 1. The summed E-state index contributed by atoms with van der Waals surface area (Å²) in [5, 5.41) is 9.38. The average molecular weight is 333 g/mol. The summed E-state index contributed by atoms with van der Waals surface area (Å²) in [7, 11) is 0. The van der Waals surface area contributed by atoms with Gasteiger partial charge in [0, 0.05) is 16.6 Å². The molecule has 1 N–H and O–H groups in total. The molecule has 94 valence electrons. The van der Waals surface area contributed by atoms with Crippen LogP contribution in [0.15, 0.2) is 34.8 Å².